The van der Waals surface area contributed by atoms with Gasteiger partial charge in [-0.3, -0.25) is 4.79 Å². The maximum absolute atomic E-state index is 13.1. The quantitative estimate of drug-likeness (QED) is 0.798. The number of hydrogen-bond donors (Lipinski definition) is 0. The van der Waals surface area contributed by atoms with E-state index >= 15 is 0 Å². The summed E-state index contributed by atoms with van der Waals surface area (Å²) in [5.41, 5.74) is 0.534. The smallest absolute Gasteiger partial charge is 0.257 e. The summed E-state index contributed by atoms with van der Waals surface area (Å²) in [6.45, 7) is 2.12. The van der Waals surface area contributed by atoms with Crippen molar-refractivity contribution in [3.63, 3.8) is 0 Å². The van der Waals surface area contributed by atoms with E-state index in [0.29, 0.717) is 55.1 Å². The van der Waals surface area contributed by atoms with Crippen LogP contribution in [0.2, 0.25) is 0 Å². The molecule has 2 aromatic rings. The number of amides is 1. The number of piperidine rings is 1. The number of ether oxygens (including phenoxy) is 3. The molecule has 1 amide bonds. The van der Waals surface area contributed by atoms with E-state index in [1.54, 1.807) is 18.5 Å². The van der Waals surface area contributed by atoms with Gasteiger partial charge in [0.25, 0.3) is 11.8 Å². The maximum Gasteiger partial charge on any atom is 0.257 e. The number of aromatic nitrogens is 2. The van der Waals surface area contributed by atoms with Crippen molar-refractivity contribution in [3.8, 4) is 17.4 Å². The van der Waals surface area contributed by atoms with E-state index in [4.69, 9.17) is 14.2 Å². The highest BCUT2D eigenvalue weighted by Gasteiger charge is 2.30. The highest BCUT2D eigenvalue weighted by Crippen LogP contribution is 2.35. The van der Waals surface area contributed by atoms with Crippen molar-refractivity contribution in [2.45, 2.75) is 18.9 Å². The standard InChI is InChI=1S/C20H24N4O4/c1-23(2)18-19(22-9-8-21-18)28-14-5-4-10-24(13-14)20(25)15-6-3-7-16-17(15)27-12-11-26-16/h3,6-9,14H,4-5,10-13H2,1-2H3. The normalized spacial score (nSPS) is 18.5. The number of para-hydroxylation sites is 1. The average molecular weight is 384 g/mol. The minimum absolute atomic E-state index is 0.0670. The predicted octanol–water partition coefficient (Wildman–Crippen LogP) is 2.00. The van der Waals surface area contributed by atoms with Crippen molar-refractivity contribution in [2.75, 3.05) is 45.3 Å². The van der Waals surface area contributed by atoms with Crippen LogP contribution in [0.25, 0.3) is 0 Å². The fourth-order valence-electron chi connectivity index (χ4n) is 3.50. The van der Waals surface area contributed by atoms with Gasteiger partial charge in [0.15, 0.2) is 17.3 Å². The summed E-state index contributed by atoms with van der Waals surface area (Å²) in [5, 5.41) is 0. The Morgan fingerprint density at radius 1 is 1.21 bits per heavy atom. The molecule has 1 atom stereocenters. The summed E-state index contributed by atoms with van der Waals surface area (Å²) < 4.78 is 17.4. The van der Waals surface area contributed by atoms with E-state index in [2.05, 4.69) is 9.97 Å². The van der Waals surface area contributed by atoms with Crippen molar-refractivity contribution in [1.29, 1.82) is 0 Å². The monoisotopic (exact) mass is 384 g/mol. The first kappa shape index (κ1) is 18.3. The average Bonchev–Trinajstić information content (AvgIpc) is 2.73. The van der Waals surface area contributed by atoms with E-state index in [9.17, 15) is 4.79 Å². The number of benzene rings is 1. The van der Waals surface area contributed by atoms with Gasteiger partial charge in [-0.15, -0.1) is 0 Å². The van der Waals surface area contributed by atoms with E-state index in [1.165, 1.54) is 0 Å². The molecule has 3 heterocycles. The third kappa shape index (κ3) is 3.67. The Labute approximate surface area is 164 Å². The Morgan fingerprint density at radius 2 is 2.04 bits per heavy atom. The first-order valence-electron chi connectivity index (χ1n) is 9.46. The molecule has 4 rings (SSSR count). The van der Waals surface area contributed by atoms with Crippen LogP contribution >= 0.6 is 0 Å². The molecule has 1 fully saturated rings. The van der Waals surface area contributed by atoms with Gasteiger partial charge in [0.2, 0.25) is 0 Å². The van der Waals surface area contributed by atoms with E-state index in [-0.39, 0.29) is 12.0 Å². The lowest BCUT2D eigenvalue weighted by molar-refractivity contribution is 0.0520. The second kappa shape index (κ2) is 7.92. The van der Waals surface area contributed by atoms with E-state index in [1.807, 2.05) is 36.0 Å². The largest absolute Gasteiger partial charge is 0.486 e. The number of nitrogens with zero attached hydrogens (tertiary/aromatic N) is 4. The molecule has 2 aliphatic heterocycles. The molecule has 8 nitrogen and oxygen atoms in total. The van der Waals surface area contributed by atoms with Gasteiger partial charge in [-0.25, -0.2) is 9.97 Å². The zero-order chi connectivity index (χ0) is 19.5. The van der Waals surface area contributed by atoms with Crippen LogP contribution in [0.1, 0.15) is 23.2 Å². The molecule has 0 radical (unpaired) electrons. The van der Waals surface area contributed by atoms with Gasteiger partial charge in [-0.2, -0.15) is 0 Å². The second-order valence-corrected chi connectivity index (χ2v) is 7.04. The summed E-state index contributed by atoms with van der Waals surface area (Å²) >= 11 is 0. The van der Waals surface area contributed by atoms with Gasteiger partial charge in [-0.05, 0) is 25.0 Å². The van der Waals surface area contributed by atoms with E-state index < -0.39 is 0 Å². The summed E-state index contributed by atoms with van der Waals surface area (Å²) in [6, 6.07) is 5.43. The van der Waals surface area contributed by atoms with E-state index in [0.717, 1.165) is 12.8 Å². The van der Waals surface area contributed by atoms with Crippen molar-refractivity contribution in [3.05, 3.63) is 36.2 Å². The molecular weight excluding hydrogens is 360 g/mol. The Kier molecular flexibility index (Phi) is 5.18. The van der Waals surface area contributed by atoms with Crippen molar-refractivity contribution >= 4 is 11.7 Å². The number of carbonyl (C=O) groups excluding carboxylic acids is 1. The van der Waals surface area contributed by atoms with Crippen molar-refractivity contribution in [1.82, 2.24) is 14.9 Å². The highest BCUT2D eigenvalue weighted by molar-refractivity contribution is 5.98. The number of hydrogen-bond acceptors (Lipinski definition) is 7. The molecular formula is C20H24N4O4. The Hall–Kier alpha value is -3.03. The van der Waals surface area contributed by atoms with Gasteiger partial charge in [0.1, 0.15) is 19.3 Å². The van der Waals surface area contributed by atoms with Crippen LogP contribution in [-0.2, 0) is 0 Å². The summed E-state index contributed by atoms with van der Waals surface area (Å²) in [7, 11) is 3.79. The molecule has 148 valence electrons. The maximum atomic E-state index is 13.1. The van der Waals surface area contributed by atoms with Gasteiger partial charge in [-0.1, -0.05) is 6.07 Å². The lowest BCUT2D eigenvalue weighted by atomic mass is 10.1. The fourth-order valence-corrected chi connectivity index (χ4v) is 3.50. The Balaban J connectivity index is 1.50. The molecule has 0 bridgehead atoms. The number of rotatable bonds is 4. The number of anilines is 1. The molecule has 1 aromatic heterocycles. The molecule has 0 spiro atoms. The zero-order valence-electron chi connectivity index (χ0n) is 16.1. The minimum atomic E-state index is -0.134. The zero-order valence-corrected chi connectivity index (χ0v) is 16.1. The third-order valence-corrected chi connectivity index (χ3v) is 4.81. The molecule has 0 N–H and O–H groups in total. The highest BCUT2D eigenvalue weighted by atomic mass is 16.6. The number of likely N-dealkylation sites (tertiary alicyclic amines) is 1. The van der Waals surface area contributed by atoms with Crippen LogP contribution in [0, 0.1) is 0 Å². The Bertz CT molecular complexity index is 858. The van der Waals surface area contributed by atoms with Gasteiger partial charge < -0.3 is 24.0 Å². The second-order valence-electron chi connectivity index (χ2n) is 7.04. The summed E-state index contributed by atoms with van der Waals surface area (Å²) in [4.78, 5) is 25.5. The SMILES string of the molecule is CN(C)c1nccnc1OC1CCCN(C(=O)c2cccc3c2OCCO3)C1. The minimum Gasteiger partial charge on any atom is -0.486 e. The topological polar surface area (TPSA) is 77.0 Å². The Morgan fingerprint density at radius 3 is 2.89 bits per heavy atom. The van der Waals surface area contributed by atoms with Crippen LogP contribution in [0.15, 0.2) is 30.6 Å². The molecule has 1 saturated heterocycles. The molecule has 1 aromatic carbocycles. The number of fused-ring (bicyclic) bond motifs is 1. The van der Waals surface area contributed by atoms with Crippen LogP contribution in [0.4, 0.5) is 5.82 Å². The molecule has 0 saturated carbocycles. The van der Waals surface area contributed by atoms with Crippen LogP contribution in [0.3, 0.4) is 0 Å². The van der Waals surface area contributed by atoms with Crippen LogP contribution in [-0.4, -0.2) is 67.3 Å². The lowest BCUT2D eigenvalue weighted by Gasteiger charge is -2.33. The van der Waals surface area contributed by atoms with Gasteiger partial charge >= 0.3 is 0 Å². The van der Waals surface area contributed by atoms with Crippen molar-refractivity contribution in [2.24, 2.45) is 0 Å². The van der Waals surface area contributed by atoms with Crippen LogP contribution < -0.4 is 19.1 Å². The first-order chi connectivity index (χ1) is 13.6. The first-order valence-corrected chi connectivity index (χ1v) is 9.46. The predicted molar refractivity (Wildman–Crippen MR) is 103 cm³/mol. The molecule has 2 aliphatic rings. The summed E-state index contributed by atoms with van der Waals surface area (Å²) in [6.07, 6.45) is 4.84. The summed E-state index contributed by atoms with van der Waals surface area (Å²) in [5.74, 6) is 2.25. The van der Waals surface area contributed by atoms with Crippen molar-refractivity contribution < 1.29 is 19.0 Å². The number of carbonyl (C=O) groups is 1. The lowest BCUT2D eigenvalue weighted by Crippen LogP contribution is -2.44. The van der Waals surface area contributed by atoms with Crippen LogP contribution in [0.5, 0.6) is 17.4 Å². The fraction of sp³-hybridized carbons (Fsp3) is 0.450. The molecule has 1 unspecified atom stereocenters. The third-order valence-electron chi connectivity index (χ3n) is 4.81. The van der Waals surface area contributed by atoms with Gasteiger partial charge in [0.05, 0.1) is 12.1 Å². The molecule has 8 heteroatoms. The molecule has 28 heavy (non-hydrogen) atoms. The molecule has 0 aliphatic carbocycles. The van der Waals surface area contributed by atoms with Gasteiger partial charge in [0, 0.05) is 33.0 Å².